The fraction of sp³-hybridized carbons (Fsp3) is 0.400. The Hall–Kier alpha value is -1.83. The number of methoxy groups -OCH3 is 1. The second-order valence-electron chi connectivity index (χ2n) is 3.34. The van der Waals surface area contributed by atoms with Crippen molar-refractivity contribution in [2.75, 3.05) is 7.11 Å². The van der Waals surface area contributed by atoms with Gasteiger partial charge in [-0.05, 0) is 13.0 Å². The van der Waals surface area contributed by atoms with E-state index in [4.69, 9.17) is 5.73 Å². The molecule has 0 spiro atoms. The molecule has 0 aliphatic heterocycles. The van der Waals surface area contributed by atoms with Gasteiger partial charge in [0, 0.05) is 17.8 Å². The van der Waals surface area contributed by atoms with E-state index >= 15 is 0 Å². The summed E-state index contributed by atoms with van der Waals surface area (Å²) in [6.07, 6.45) is -4.94. The number of alkyl halides is 3. The van der Waals surface area contributed by atoms with E-state index in [1.165, 1.54) is 13.0 Å². The van der Waals surface area contributed by atoms with Gasteiger partial charge >= 0.3 is 12.3 Å². The zero-order valence-corrected chi connectivity index (χ0v) is 9.67. The van der Waals surface area contributed by atoms with Gasteiger partial charge in [0.05, 0.1) is 7.11 Å². The smallest absolute Gasteiger partial charge is 0.464 e. The Kier molecular flexibility index (Phi) is 4.12. The van der Waals surface area contributed by atoms with Crippen molar-refractivity contribution in [1.82, 2.24) is 4.98 Å². The lowest BCUT2D eigenvalue weighted by Crippen LogP contribution is -2.22. The molecule has 0 saturated carbocycles. The molecule has 1 aromatic heterocycles. The van der Waals surface area contributed by atoms with E-state index < -0.39 is 23.8 Å². The van der Waals surface area contributed by atoms with Gasteiger partial charge in [0.25, 0.3) is 0 Å². The predicted octanol–water partition coefficient (Wildman–Crippen LogP) is 1.53. The van der Waals surface area contributed by atoms with Crippen molar-refractivity contribution < 1.29 is 27.4 Å². The van der Waals surface area contributed by atoms with Gasteiger partial charge in [-0.1, -0.05) is 0 Å². The number of halogens is 3. The number of rotatable bonds is 3. The Balaban J connectivity index is 3.38. The minimum Gasteiger partial charge on any atom is -0.464 e. The lowest BCUT2D eigenvalue weighted by molar-refractivity contribution is -0.275. The molecule has 1 aromatic rings. The third-order valence-electron chi connectivity index (χ3n) is 1.99. The summed E-state index contributed by atoms with van der Waals surface area (Å²) >= 11 is 0. The number of nitrogens with two attached hydrogens (primary N) is 1. The number of carbonyl (C=O) groups excluding carboxylic acids is 1. The maximum absolute atomic E-state index is 12.3. The van der Waals surface area contributed by atoms with Crippen LogP contribution in [0.3, 0.4) is 0 Å². The number of nitrogens with zero attached hydrogens (tertiary/aromatic N) is 1. The number of esters is 1. The first kappa shape index (κ1) is 14.2. The van der Waals surface area contributed by atoms with Crippen LogP contribution in [0.1, 0.15) is 21.7 Å². The monoisotopic (exact) mass is 264 g/mol. The molecule has 8 heteroatoms. The topological polar surface area (TPSA) is 74.4 Å². The second kappa shape index (κ2) is 5.21. The minimum atomic E-state index is -4.94. The molecular formula is C10H11F3N2O3. The minimum absolute atomic E-state index is 0.0280. The van der Waals surface area contributed by atoms with Crippen LogP contribution in [0.25, 0.3) is 0 Å². The first-order chi connectivity index (χ1) is 8.28. The van der Waals surface area contributed by atoms with E-state index in [1.807, 2.05) is 0 Å². The average Bonchev–Trinajstić information content (AvgIpc) is 2.28. The van der Waals surface area contributed by atoms with Crippen molar-refractivity contribution in [1.29, 1.82) is 0 Å². The molecule has 1 rings (SSSR count). The molecule has 0 bridgehead atoms. The summed E-state index contributed by atoms with van der Waals surface area (Å²) in [5.74, 6) is -1.74. The summed E-state index contributed by atoms with van der Waals surface area (Å²) in [5.41, 5.74) is 5.14. The zero-order chi connectivity index (χ0) is 13.9. The number of carbonyl (C=O) groups is 1. The molecule has 5 nitrogen and oxygen atoms in total. The maximum Gasteiger partial charge on any atom is 0.573 e. The van der Waals surface area contributed by atoms with E-state index in [2.05, 4.69) is 14.5 Å². The standard InChI is InChI=1S/C10H11F3N2O3/c1-5-3-6(4-14)8(18-10(11,12)13)7(15-5)9(16)17-2/h3H,4,14H2,1-2H3. The SMILES string of the molecule is COC(=O)c1nc(C)cc(CN)c1OC(F)(F)F. The molecule has 1 heterocycles. The van der Waals surface area contributed by atoms with Crippen LogP contribution in [0.2, 0.25) is 0 Å². The van der Waals surface area contributed by atoms with Gasteiger partial charge in [0.15, 0.2) is 11.4 Å². The summed E-state index contributed by atoms with van der Waals surface area (Å²) in [4.78, 5) is 15.0. The molecular weight excluding hydrogens is 253 g/mol. The van der Waals surface area contributed by atoms with Crippen LogP contribution >= 0.6 is 0 Å². The first-order valence-electron chi connectivity index (χ1n) is 4.83. The van der Waals surface area contributed by atoms with Gasteiger partial charge in [0.1, 0.15) is 0 Å². The van der Waals surface area contributed by atoms with Crippen molar-refractivity contribution in [2.45, 2.75) is 19.8 Å². The molecule has 0 fully saturated rings. The highest BCUT2D eigenvalue weighted by Crippen LogP contribution is 2.30. The number of ether oxygens (including phenoxy) is 2. The normalized spacial score (nSPS) is 11.2. The fourth-order valence-corrected chi connectivity index (χ4v) is 1.35. The van der Waals surface area contributed by atoms with Crippen LogP contribution in [0.5, 0.6) is 5.75 Å². The Labute approximate surface area is 101 Å². The van der Waals surface area contributed by atoms with E-state index in [-0.39, 0.29) is 12.1 Å². The van der Waals surface area contributed by atoms with Crippen LogP contribution in [0.15, 0.2) is 6.07 Å². The van der Waals surface area contributed by atoms with Gasteiger partial charge in [0.2, 0.25) is 0 Å². The van der Waals surface area contributed by atoms with Gasteiger partial charge in [-0.2, -0.15) is 0 Å². The molecule has 0 aliphatic carbocycles. The molecule has 0 aromatic carbocycles. The van der Waals surface area contributed by atoms with Crippen molar-refractivity contribution in [3.63, 3.8) is 0 Å². The van der Waals surface area contributed by atoms with Crippen LogP contribution < -0.4 is 10.5 Å². The number of hydrogen-bond acceptors (Lipinski definition) is 5. The van der Waals surface area contributed by atoms with Crippen molar-refractivity contribution in [3.8, 4) is 5.75 Å². The maximum atomic E-state index is 12.3. The molecule has 0 saturated heterocycles. The van der Waals surface area contributed by atoms with Gasteiger partial charge < -0.3 is 15.2 Å². The van der Waals surface area contributed by atoms with Gasteiger partial charge in [-0.25, -0.2) is 9.78 Å². The molecule has 0 aliphatic rings. The highest BCUT2D eigenvalue weighted by atomic mass is 19.4. The third-order valence-corrected chi connectivity index (χ3v) is 1.99. The zero-order valence-electron chi connectivity index (χ0n) is 9.67. The Morgan fingerprint density at radius 3 is 2.56 bits per heavy atom. The summed E-state index contributed by atoms with van der Waals surface area (Å²) in [5, 5.41) is 0. The van der Waals surface area contributed by atoms with Crippen molar-refractivity contribution in [3.05, 3.63) is 23.0 Å². The summed E-state index contributed by atoms with van der Waals surface area (Å²) in [6.45, 7) is 1.29. The van der Waals surface area contributed by atoms with Crippen LogP contribution in [0, 0.1) is 6.92 Å². The molecule has 0 atom stereocenters. The molecule has 18 heavy (non-hydrogen) atoms. The van der Waals surface area contributed by atoms with Crippen LogP contribution in [-0.4, -0.2) is 24.4 Å². The lowest BCUT2D eigenvalue weighted by atomic mass is 10.1. The first-order valence-corrected chi connectivity index (χ1v) is 4.83. The average molecular weight is 264 g/mol. The van der Waals surface area contributed by atoms with Gasteiger partial charge in [-0.15, -0.1) is 13.2 Å². The number of aromatic nitrogens is 1. The van der Waals surface area contributed by atoms with Crippen LogP contribution in [0.4, 0.5) is 13.2 Å². The number of hydrogen-bond donors (Lipinski definition) is 1. The van der Waals surface area contributed by atoms with Gasteiger partial charge in [-0.3, -0.25) is 0 Å². The summed E-state index contributed by atoms with van der Waals surface area (Å²) in [7, 11) is 1.03. The third kappa shape index (κ3) is 3.33. The molecule has 2 N–H and O–H groups in total. The molecule has 0 unspecified atom stereocenters. The molecule has 100 valence electrons. The van der Waals surface area contributed by atoms with Crippen molar-refractivity contribution in [2.24, 2.45) is 5.73 Å². The van der Waals surface area contributed by atoms with E-state index in [0.717, 1.165) is 7.11 Å². The number of aryl methyl sites for hydroxylation is 1. The Bertz CT molecular complexity index is 460. The predicted molar refractivity (Wildman–Crippen MR) is 54.9 cm³/mol. The summed E-state index contributed by atoms with van der Waals surface area (Å²) in [6, 6.07) is 1.31. The lowest BCUT2D eigenvalue weighted by Gasteiger charge is -2.15. The summed E-state index contributed by atoms with van der Waals surface area (Å²) < 4.78 is 44.9. The molecule has 0 radical (unpaired) electrons. The quantitative estimate of drug-likeness (QED) is 0.838. The number of pyridine rings is 1. The largest absolute Gasteiger partial charge is 0.573 e. The Morgan fingerprint density at radius 1 is 1.50 bits per heavy atom. The van der Waals surface area contributed by atoms with Crippen molar-refractivity contribution >= 4 is 5.97 Å². The Morgan fingerprint density at radius 2 is 2.11 bits per heavy atom. The second-order valence-corrected chi connectivity index (χ2v) is 3.34. The highest BCUT2D eigenvalue weighted by Gasteiger charge is 2.35. The van der Waals surface area contributed by atoms with E-state index in [0.29, 0.717) is 5.69 Å². The highest BCUT2D eigenvalue weighted by molar-refractivity contribution is 5.90. The van der Waals surface area contributed by atoms with Crippen LogP contribution in [-0.2, 0) is 11.3 Å². The fourth-order valence-electron chi connectivity index (χ4n) is 1.35. The molecule has 0 amide bonds. The van der Waals surface area contributed by atoms with E-state index in [1.54, 1.807) is 0 Å². The van der Waals surface area contributed by atoms with E-state index in [9.17, 15) is 18.0 Å².